The molecule has 1 aromatic carbocycles. The van der Waals surface area contributed by atoms with Gasteiger partial charge in [0.1, 0.15) is 5.82 Å². The first-order chi connectivity index (χ1) is 8.72. The molecule has 2 rings (SSSR count). The van der Waals surface area contributed by atoms with Gasteiger partial charge in [-0.05, 0) is 18.2 Å². The number of carbonyl (C=O) groups excluding carboxylic acids is 1. The van der Waals surface area contributed by atoms with Gasteiger partial charge in [-0.3, -0.25) is 9.78 Å². The van der Waals surface area contributed by atoms with Crippen molar-refractivity contribution in [2.24, 2.45) is 0 Å². The summed E-state index contributed by atoms with van der Waals surface area (Å²) in [6.45, 7) is 0. The Morgan fingerprint density at radius 2 is 2.00 bits per heavy atom. The van der Waals surface area contributed by atoms with E-state index in [1.807, 2.05) is 0 Å². The smallest absolute Gasteiger partial charge is 0.259 e. The van der Waals surface area contributed by atoms with Gasteiger partial charge in [0, 0.05) is 25.1 Å². The maximum atomic E-state index is 13.4. The zero-order valence-corrected chi connectivity index (χ0v) is 9.77. The zero-order valence-electron chi connectivity index (χ0n) is 9.77. The molecule has 0 aliphatic heterocycles. The van der Waals surface area contributed by atoms with Gasteiger partial charge in [-0.2, -0.15) is 0 Å². The van der Waals surface area contributed by atoms with Crippen LogP contribution in [0.5, 0.6) is 0 Å². The summed E-state index contributed by atoms with van der Waals surface area (Å²) in [6, 6.07) is 7.69. The quantitative estimate of drug-likeness (QED) is 0.873. The molecule has 2 N–H and O–H groups in total. The van der Waals surface area contributed by atoms with E-state index in [-0.39, 0.29) is 5.69 Å². The Balaban J connectivity index is 2.25. The fourth-order valence-electron chi connectivity index (χ4n) is 1.55. The number of para-hydroxylation sites is 1. The molecule has 0 spiro atoms. The lowest BCUT2D eigenvalue weighted by Crippen LogP contribution is -2.15. The van der Waals surface area contributed by atoms with E-state index < -0.39 is 11.7 Å². The number of pyridine rings is 1. The van der Waals surface area contributed by atoms with E-state index in [2.05, 4.69) is 15.6 Å². The molecule has 0 radical (unpaired) electrons. The fourth-order valence-corrected chi connectivity index (χ4v) is 1.55. The van der Waals surface area contributed by atoms with Crippen molar-refractivity contribution in [3.05, 3.63) is 54.1 Å². The van der Waals surface area contributed by atoms with Crippen LogP contribution >= 0.6 is 0 Å². The summed E-state index contributed by atoms with van der Waals surface area (Å²) in [5.41, 5.74) is 1.15. The monoisotopic (exact) mass is 245 g/mol. The third-order valence-electron chi connectivity index (χ3n) is 2.46. The average Bonchev–Trinajstić information content (AvgIpc) is 2.41. The molecule has 18 heavy (non-hydrogen) atoms. The normalized spacial score (nSPS) is 9.89. The second-order valence-electron chi connectivity index (χ2n) is 3.61. The number of hydrogen-bond donors (Lipinski definition) is 2. The van der Waals surface area contributed by atoms with Gasteiger partial charge >= 0.3 is 0 Å². The highest BCUT2D eigenvalue weighted by Gasteiger charge is 2.12. The molecule has 0 unspecified atom stereocenters. The minimum atomic E-state index is -0.472. The third-order valence-corrected chi connectivity index (χ3v) is 2.46. The summed E-state index contributed by atoms with van der Waals surface area (Å²) >= 11 is 0. The number of rotatable bonds is 3. The molecule has 0 aliphatic rings. The molecule has 0 aliphatic carbocycles. The van der Waals surface area contributed by atoms with Crippen molar-refractivity contribution in [2.45, 2.75) is 0 Å². The topological polar surface area (TPSA) is 54.0 Å². The van der Waals surface area contributed by atoms with Crippen LogP contribution in [0.4, 0.5) is 15.8 Å². The van der Waals surface area contributed by atoms with E-state index in [0.29, 0.717) is 11.3 Å². The van der Waals surface area contributed by atoms with Gasteiger partial charge in [0.2, 0.25) is 0 Å². The maximum Gasteiger partial charge on any atom is 0.259 e. The van der Waals surface area contributed by atoms with Crippen LogP contribution in [-0.2, 0) is 0 Å². The van der Waals surface area contributed by atoms with Crippen molar-refractivity contribution in [2.75, 3.05) is 17.7 Å². The molecule has 1 heterocycles. The Bertz CT molecular complexity index is 572. The number of benzene rings is 1. The van der Waals surface area contributed by atoms with E-state index >= 15 is 0 Å². The standard InChI is InChI=1S/C13H12FN3O/c1-15-11-6-7-16-8-9(11)13(18)17-12-5-3-2-4-10(12)14/h2-8H,1H3,(H,15,16)(H,17,18). The van der Waals surface area contributed by atoms with Crippen LogP contribution in [0.2, 0.25) is 0 Å². The van der Waals surface area contributed by atoms with Gasteiger partial charge in [-0.1, -0.05) is 12.1 Å². The summed E-state index contributed by atoms with van der Waals surface area (Å²) in [5.74, 6) is -0.877. The predicted molar refractivity (Wildman–Crippen MR) is 68.1 cm³/mol. The van der Waals surface area contributed by atoms with Crippen molar-refractivity contribution < 1.29 is 9.18 Å². The van der Waals surface area contributed by atoms with Crippen molar-refractivity contribution in [3.8, 4) is 0 Å². The number of nitrogens with zero attached hydrogens (tertiary/aromatic N) is 1. The molecule has 0 bridgehead atoms. The lowest BCUT2D eigenvalue weighted by molar-refractivity contribution is 0.102. The predicted octanol–water partition coefficient (Wildman–Crippen LogP) is 2.51. The Morgan fingerprint density at radius 1 is 1.22 bits per heavy atom. The molecule has 5 heteroatoms. The van der Waals surface area contributed by atoms with Crippen molar-refractivity contribution >= 4 is 17.3 Å². The van der Waals surface area contributed by atoms with Crippen molar-refractivity contribution in [1.82, 2.24) is 4.98 Å². The Hall–Kier alpha value is -2.43. The van der Waals surface area contributed by atoms with Crippen LogP contribution in [0.1, 0.15) is 10.4 Å². The fraction of sp³-hybridized carbons (Fsp3) is 0.0769. The maximum absolute atomic E-state index is 13.4. The molecule has 0 saturated carbocycles. The Morgan fingerprint density at radius 3 is 2.72 bits per heavy atom. The first kappa shape index (κ1) is 12.0. The lowest BCUT2D eigenvalue weighted by atomic mass is 10.2. The summed E-state index contributed by atoms with van der Waals surface area (Å²) in [7, 11) is 1.70. The minimum absolute atomic E-state index is 0.147. The third kappa shape index (κ3) is 2.45. The van der Waals surface area contributed by atoms with Crippen molar-refractivity contribution in [3.63, 3.8) is 0 Å². The minimum Gasteiger partial charge on any atom is -0.387 e. The number of anilines is 2. The van der Waals surface area contributed by atoms with Crippen LogP contribution < -0.4 is 10.6 Å². The van der Waals surface area contributed by atoms with Gasteiger partial charge < -0.3 is 10.6 Å². The van der Waals surface area contributed by atoms with Crippen molar-refractivity contribution in [1.29, 1.82) is 0 Å². The molecule has 1 amide bonds. The summed E-state index contributed by atoms with van der Waals surface area (Å²) in [5, 5.41) is 5.39. The van der Waals surface area contributed by atoms with E-state index in [9.17, 15) is 9.18 Å². The highest BCUT2D eigenvalue weighted by atomic mass is 19.1. The molecular weight excluding hydrogens is 233 g/mol. The van der Waals surface area contributed by atoms with Crippen LogP contribution in [0, 0.1) is 5.82 Å². The summed E-state index contributed by atoms with van der Waals surface area (Å²) < 4.78 is 13.4. The van der Waals surface area contributed by atoms with Crippen LogP contribution in [0.15, 0.2) is 42.7 Å². The summed E-state index contributed by atoms with van der Waals surface area (Å²) in [6.07, 6.45) is 3.01. The van der Waals surface area contributed by atoms with Gasteiger partial charge in [0.05, 0.1) is 11.3 Å². The van der Waals surface area contributed by atoms with Gasteiger partial charge in [0.15, 0.2) is 0 Å². The van der Waals surface area contributed by atoms with E-state index in [4.69, 9.17) is 0 Å². The number of aromatic nitrogens is 1. The summed E-state index contributed by atoms with van der Waals surface area (Å²) in [4.78, 5) is 15.9. The van der Waals surface area contributed by atoms with E-state index in [1.54, 1.807) is 31.4 Å². The SMILES string of the molecule is CNc1ccncc1C(=O)Nc1ccccc1F. The first-order valence-electron chi connectivity index (χ1n) is 5.40. The van der Waals surface area contributed by atoms with Crippen LogP contribution in [0.25, 0.3) is 0 Å². The number of amides is 1. The molecule has 0 atom stereocenters. The van der Waals surface area contributed by atoms with E-state index in [0.717, 1.165) is 0 Å². The molecule has 92 valence electrons. The Kier molecular flexibility index (Phi) is 3.52. The highest BCUT2D eigenvalue weighted by molar-refractivity contribution is 6.07. The molecular formula is C13H12FN3O. The number of hydrogen-bond acceptors (Lipinski definition) is 3. The number of nitrogens with one attached hydrogen (secondary N) is 2. The number of carbonyl (C=O) groups is 1. The van der Waals surface area contributed by atoms with Gasteiger partial charge in [0.25, 0.3) is 5.91 Å². The molecule has 1 aromatic heterocycles. The average molecular weight is 245 g/mol. The zero-order chi connectivity index (χ0) is 13.0. The lowest BCUT2D eigenvalue weighted by Gasteiger charge is -2.09. The second kappa shape index (κ2) is 5.27. The first-order valence-corrected chi connectivity index (χ1v) is 5.40. The van der Waals surface area contributed by atoms with Gasteiger partial charge in [-0.15, -0.1) is 0 Å². The molecule has 2 aromatic rings. The highest BCUT2D eigenvalue weighted by Crippen LogP contribution is 2.17. The van der Waals surface area contributed by atoms with Gasteiger partial charge in [-0.25, -0.2) is 4.39 Å². The Labute approximate surface area is 104 Å². The van der Waals surface area contributed by atoms with E-state index in [1.165, 1.54) is 18.3 Å². The largest absolute Gasteiger partial charge is 0.387 e. The van der Waals surface area contributed by atoms with Crippen LogP contribution in [-0.4, -0.2) is 17.9 Å². The van der Waals surface area contributed by atoms with Crippen LogP contribution in [0.3, 0.4) is 0 Å². The molecule has 0 fully saturated rings. The number of halogens is 1. The second-order valence-corrected chi connectivity index (χ2v) is 3.61. The molecule has 0 saturated heterocycles. The molecule has 4 nitrogen and oxygen atoms in total.